The van der Waals surface area contributed by atoms with Gasteiger partial charge in [0.05, 0.1) is 6.61 Å². The van der Waals surface area contributed by atoms with Gasteiger partial charge in [0.1, 0.15) is 0 Å². The second kappa shape index (κ2) is 6.89. The predicted octanol–water partition coefficient (Wildman–Crippen LogP) is 2.26. The molecule has 2 atom stereocenters. The first-order valence-corrected chi connectivity index (χ1v) is 9.01. The van der Waals surface area contributed by atoms with E-state index in [0.29, 0.717) is 37.5 Å². The van der Waals surface area contributed by atoms with Gasteiger partial charge in [-0.25, -0.2) is 9.68 Å². The van der Waals surface area contributed by atoms with Crippen LogP contribution in [-0.2, 0) is 9.09 Å². The van der Waals surface area contributed by atoms with Crippen LogP contribution in [0.2, 0.25) is 0 Å². The SMILES string of the molecule is O=P1(N(CCCl)CCCl)NN2CCCCC2CO1. The third-order valence-electron chi connectivity index (χ3n) is 3.38. The molecule has 0 saturated carbocycles. The Morgan fingerprint density at radius 2 is 2.06 bits per heavy atom. The zero-order valence-electron chi connectivity index (χ0n) is 10.4. The van der Waals surface area contributed by atoms with Crippen LogP contribution >= 0.6 is 30.9 Å². The minimum Gasteiger partial charge on any atom is -0.303 e. The van der Waals surface area contributed by atoms with Gasteiger partial charge >= 0.3 is 7.67 Å². The van der Waals surface area contributed by atoms with Gasteiger partial charge < -0.3 is 4.52 Å². The van der Waals surface area contributed by atoms with Crippen molar-refractivity contribution in [3.8, 4) is 0 Å². The zero-order valence-corrected chi connectivity index (χ0v) is 12.8. The molecule has 106 valence electrons. The summed E-state index contributed by atoms with van der Waals surface area (Å²) in [6.45, 7) is 2.47. The summed E-state index contributed by atoms with van der Waals surface area (Å²) in [6.07, 6.45) is 3.44. The van der Waals surface area contributed by atoms with Crippen molar-refractivity contribution in [2.24, 2.45) is 0 Å². The highest BCUT2D eigenvalue weighted by atomic mass is 35.5. The molecule has 0 spiro atoms. The quantitative estimate of drug-likeness (QED) is 0.623. The van der Waals surface area contributed by atoms with E-state index in [0.717, 1.165) is 19.4 Å². The molecule has 0 amide bonds. The Morgan fingerprint density at radius 1 is 1.33 bits per heavy atom. The number of piperidine rings is 1. The molecule has 0 aliphatic carbocycles. The highest BCUT2D eigenvalue weighted by Gasteiger charge is 2.41. The fourth-order valence-electron chi connectivity index (χ4n) is 2.40. The molecule has 8 heteroatoms. The van der Waals surface area contributed by atoms with Crippen molar-refractivity contribution in [2.75, 3.05) is 38.0 Å². The van der Waals surface area contributed by atoms with E-state index in [1.54, 1.807) is 4.67 Å². The fraction of sp³-hybridized carbons (Fsp3) is 1.00. The Balaban J connectivity index is 2.03. The molecule has 0 aromatic heterocycles. The normalized spacial score (nSPS) is 33.6. The lowest BCUT2D eigenvalue weighted by Gasteiger charge is -2.45. The number of hydrogen-bond acceptors (Lipinski definition) is 3. The Labute approximate surface area is 118 Å². The molecule has 0 aromatic carbocycles. The van der Waals surface area contributed by atoms with Gasteiger partial charge in [0, 0.05) is 37.4 Å². The molecule has 0 aromatic rings. The molecule has 1 N–H and O–H groups in total. The van der Waals surface area contributed by atoms with E-state index >= 15 is 0 Å². The van der Waals surface area contributed by atoms with Crippen molar-refractivity contribution >= 4 is 30.9 Å². The summed E-state index contributed by atoms with van der Waals surface area (Å²) in [4.78, 5) is 0. The maximum atomic E-state index is 12.8. The lowest BCUT2D eigenvalue weighted by Crippen LogP contribution is -2.55. The van der Waals surface area contributed by atoms with Gasteiger partial charge in [0.2, 0.25) is 0 Å². The van der Waals surface area contributed by atoms with Crippen molar-refractivity contribution in [2.45, 2.75) is 25.3 Å². The molecular formula is C10H20Cl2N3O2P. The van der Waals surface area contributed by atoms with Crippen LogP contribution in [-0.4, -0.2) is 53.7 Å². The lowest BCUT2D eigenvalue weighted by molar-refractivity contribution is 0.0324. The second-order valence-electron chi connectivity index (χ2n) is 4.59. The number of fused-ring (bicyclic) bond motifs is 1. The summed E-state index contributed by atoms with van der Waals surface area (Å²) >= 11 is 11.5. The van der Waals surface area contributed by atoms with Crippen LogP contribution in [0.3, 0.4) is 0 Å². The molecule has 5 nitrogen and oxygen atoms in total. The average Bonchev–Trinajstić information content (AvgIpc) is 2.38. The van der Waals surface area contributed by atoms with E-state index in [1.807, 2.05) is 0 Å². The van der Waals surface area contributed by atoms with Crippen molar-refractivity contribution in [1.82, 2.24) is 14.9 Å². The smallest absolute Gasteiger partial charge is 0.303 e. The molecule has 18 heavy (non-hydrogen) atoms. The van der Waals surface area contributed by atoms with Gasteiger partial charge in [-0.3, -0.25) is 4.57 Å². The summed E-state index contributed by atoms with van der Waals surface area (Å²) in [5.41, 5.74) is 0. The lowest BCUT2D eigenvalue weighted by atomic mass is 10.1. The van der Waals surface area contributed by atoms with Crippen molar-refractivity contribution < 1.29 is 9.09 Å². The van der Waals surface area contributed by atoms with Gasteiger partial charge in [-0.15, -0.1) is 23.2 Å². The molecule has 2 aliphatic rings. The van der Waals surface area contributed by atoms with Gasteiger partial charge in [0.25, 0.3) is 0 Å². The van der Waals surface area contributed by atoms with E-state index in [4.69, 9.17) is 27.7 Å². The second-order valence-corrected chi connectivity index (χ2v) is 7.41. The Kier molecular flexibility index (Phi) is 5.76. The maximum absolute atomic E-state index is 12.8. The standard InChI is InChI=1S/C10H20Cl2N3O2P/c11-4-7-14(8-5-12)18(16)13-15-6-2-1-3-10(15)9-17-18/h10H,1-9H2,(H,13,16). The summed E-state index contributed by atoms with van der Waals surface area (Å²) in [5.74, 6) is 0.824. The maximum Gasteiger partial charge on any atom is 0.356 e. The molecule has 2 saturated heterocycles. The third kappa shape index (κ3) is 3.40. The average molecular weight is 316 g/mol. The van der Waals surface area contributed by atoms with Crippen LogP contribution in [0.5, 0.6) is 0 Å². The number of nitrogens with one attached hydrogen (secondary N) is 1. The number of halogens is 2. The minimum absolute atomic E-state index is 0.342. The number of rotatable bonds is 5. The summed E-state index contributed by atoms with van der Waals surface area (Å²) in [7, 11) is -3.01. The van der Waals surface area contributed by atoms with Crippen LogP contribution in [0.15, 0.2) is 0 Å². The number of hydrazine groups is 1. The Hall–Kier alpha value is 0.650. The van der Waals surface area contributed by atoms with Crippen LogP contribution < -0.4 is 5.20 Å². The molecular weight excluding hydrogens is 296 g/mol. The molecule has 0 radical (unpaired) electrons. The van der Waals surface area contributed by atoms with E-state index in [1.165, 1.54) is 6.42 Å². The number of hydrogen-bond donors (Lipinski definition) is 1. The molecule has 0 bridgehead atoms. The minimum atomic E-state index is -3.01. The van der Waals surface area contributed by atoms with Gasteiger partial charge in [-0.1, -0.05) is 6.42 Å². The summed E-state index contributed by atoms with van der Waals surface area (Å²) < 4.78 is 20.1. The van der Waals surface area contributed by atoms with Crippen molar-refractivity contribution in [3.63, 3.8) is 0 Å². The Bertz CT molecular complexity index is 315. The molecule has 2 aliphatic heterocycles. The van der Waals surface area contributed by atoms with E-state index in [2.05, 4.69) is 10.2 Å². The van der Waals surface area contributed by atoms with E-state index in [9.17, 15) is 4.57 Å². The van der Waals surface area contributed by atoms with Crippen LogP contribution in [0.4, 0.5) is 0 Å². The molecule has 2 rings (SSSR count). The third-order valence-corrected chi connectivity index (χ3v) is 5.87. The highest BCUT2D eigenvalue weighted by molar-refractivity contribution is 7.54. The first kappa shape index (κ1) is 15.0. The monoisotopic (exact) mass is 315 g/mol. The van der Waals surface area contributed by atoms with Crippen LogP contribution in [0, 0.1) is 0 Å². The first-order valence-electron chi connectivity index (χ1n) is 6.36. The van der Waals surface area contributed by atoms with Gasteiger partial charge in [0.15, 0.2) is 0 Å². The van der Waals surface area contributed by atoms with Crippen molar-refractivity contribution in [1.29, 1.82) is 0 Å². The van der Waals surface area contributed by atoms with Gasteiger partial charge in [-0.2, -0.15) is 5.20 Å². The zero-order chi connectivity index (χ0) is 13.0. The first-order chi connectivity index (χ1) is 8.69. The summed E-state index contributed by atoms with van der Waals surface area (Å²) in [5, 5.41) is 5.15. The topological polar surface area (TPSA) is 44.8 Å². The molecule has 2 unspecified atom stereocenters. The molecule has 2 fully saturated rings. The number of alkyl halides is 2. The Morgan fingerprint density at radius 3 is 2.72 bits per heavy atom. The molecule has 2 heterocycles. The predicted molar refractivity (Wildman–Crippen MR) is 74.1 cm³/mol. The van der Waals surface area contributed by atoms with Crippen LogP contribution in [0.25, 0.3) is 0 Å². The summed E-state index contributed by atoms with van der Waals surface area (Å²) in [6, 6.07) is 0.342. The van der Waals surface area contributed by atoms with E-state index < -0.39 is 7.67 Å². The largest absolute Gasteiger partial charge is 0.356 e. The van der Waals surface area contributed by atoms with E-state index in [-0.39, 0.29) is 0 Å². The van der Waals surface area contributed by atoms with Crippen molar-refractivity contribution in [3.05, 3.63) is 0 Å². The fourth-order valence-corrected chi connectivity index (χ4v) is 5.08. The van der Waals surface area contributed by atoms with Gasteiger partial charge in [-0.05, 0) is 12.8 Å². The van der Waals surface area contributed by atoms with Crippen LogP contribution in [0.1, 0.15) is 19.3 Å². The number of nitrogens with zero attached hydrogens (tertiary/aromatic N) is 2. The highest BCUT2D eigenvalue weighted by Crippen LogP contribution is 2.50.